The Bertz CT molecular complexity index is 522. The molecule has 106 valence electrons. The Kier molecular flexibility index (Phi) is 4.84. The van der Waals surface area contributed by atoms with Crippen LogP contribution in [0.1, 0.15) is 24.8 Å². The Morgan fingerprint density at radius 2 is 2.05 bits per heavy atom. The Labute approximate surface area is 117 Å². The molecule has 6 heteroatoms. The maximum absolute atomic E-state index is 11.7. The van der Waals surface area contributed by atoms with Gasteiger partial charge in [-0.05, 0) is 24.5 Å². The fourth-order valence-electron chi connectivity index (χ4n) is 2.11. The highest BCUT2D eigenvalue weighted by molar-refractivity contribution is 5.91. The molecule has 0 radical (unpaired) electrons. The van der Waals surface area contributed by atoms with Gasteiger partial charge >= 0.3 is 0 Å². The van der Waals surface area contributed by atoms with E-state index in [0.717, 1.165) is 25.9 Å². The van der Waals surface area contributed by atoms with E-state index >= 15 is 0 Å². The predicted octanol–water partition coefficient (Wildman–Crippen LogP) is 2.13. The summed E-state index contributed by atoms with van der Waals surface area (Å²) in [5.41, 5.74) is 3.45. The van der Waals surface area contributed by atoms with Gasteiger partial charge in [0.25, 0.3) is 11.6 Å². The van der Waals surface area contributed by atoms with E-state index in [1.165, 1.54) is 24.6 Å². The van der Waals surface area contributed by atoms with Gasteiger partial charge in [0.05, 0.1) is 4.92 Å². The summed E-state index contributed by atoms with van der Waals surface area (Å²) in [6.07, 6.45) is 6.36. The third-order valence-electron chi connectivity index (χ3n) is 3.13. The van der Waals surface area contributed by atoms with E-state index in [1.807, 2.05) is 5.01 Å². The lowest BCUT2D eigenvalue weighted by Crippen LogP contribution is -2.44. The summed E-state index contributed by atoms with van der Waals surface area (Å²) < 4.78 is 0. The van der Waals surface area contributed by atoms with E-state index in [-0.39, 0.29) is 11.6 Å². The molecule has 1 fully saturated rings. The number of hydrogen-bond acceptors (Lipinski definition) is 4. The van der Waals surface area contributed by atoms with Gasteiger partial charge in [0.15, 0.2) is 0 Å². The van der Waals surface area contributed by atoms with Gasteiger partial charge in [-0.25, -0.2) is 5.01 Å². The van der Waals surface area contributed by atoms with E-state index < -0.39 is 4.92 Å². The summed E-state index contributed by atoms with van der Waals surface area (Å²) in [5, 5.41) is 12.6. The van der Waals surface area contributed by atoms with E-state index in [9.17, 15) is 14.9 Å². The summed E-state index contributed by atoms with van der Waals surface area (Å²) in [6.45, 7) is 1.74. The van der Waals surface area contributed by atoms with Crippen LogP contribution in [0.2, 0.25) is 0 Å². The molecule has 1 saturated heterocycles. The summed E-state index contributed by atoms with van der Waals surface area (Å²) >= 11 is 0. The van der Waals surface area contributed by atoms with Crippen LogP contribution in [0, 0.1) is 10.1 Å². The Hall–Kier alpha value is -2.21. The van der Waals surface area contributed by atoms with Gasteiger partial charge in [-0.2, -0.15) is 0 Å². The fourth-order valence-corrected chi connectivity index (χ4v) is 2.11. The number of nitrogens with zero attached hydrogens (tertiary/aromatic N) is 2. The highest BCUT2D eigenvalue weighted by Gasteiger charge is 2.11. The number of nitro benzene ring substituents is 1. The number of hydrogen-bond donors (Lipinski definition) is 1. The van der Waals surface area contributed by atoms with Crippen LogP contribution in [0.5, 0.6) is 0 Å². The van der Waals surface area contributed by atoms with Crippen molar-refractivity contribution in [1.82, 2.24) is 10.4 Å². The van der Waals surface area contributed by atoms with Crippen molar-refractivity contribution in [2.45, 2.75) is 19.3 Å². The predicted molar refractivity (Wildman–Crippen MR) is 75.7 cm³/mol. The van der Waals surface area contributed by atoms with Crippen molar-refractivity contribution in [3.8, 4) is 0 Å². The van der Waals surface area contributed by atoms with Crippen molar-refractivity contribution in [2.75, 3.05) is 13.1 Å². The molecule has 0 unspecified atom stereocenters. The maximum atomic E-state index is 11.7. The summed E-state index contributed by atoms with van der Waals surface area (Å²) in [4.78, 5) is 21.9. The van der Waals surface area contributed by atoms with Gasteiger partial charge in [0.2, 0.25) is 0 Å². The minimum atomic E-state index is -0.453. The highest BCUT2D eigenvalue weighted by atomic mass is 16.6. The normalized spacial score (nSPS) is 16.2. The zero-order valence-electron chi connectivity index (χ0n) is 11.1. The highest BCUT2D eigenvalue weighted by Crippen LogP contribution is 2.14. The molecular formula is C14H17N3O3. The summed E-state index contributed by atoms with van der Waals surface area (Å²) in [6, 6.07) is 6.17. The monoisotopic (exact) mass is 275 g/mol. The molecule has 2 rings (SSSR count). The first-order valence-electron chi connectivity index (χ1n) is 6.63. The number of benzene rings is 1. The van der Waals surface area contributed by atoms with Crippen LogP contribution in [0.15, 0.2) is 30.3 Å². The SMILES string of the molecule is O=C(/C=C/c1cccc([N+](=O)[O-])c1)NN1CCCCC1. The number of nitro groups is 1. The molecule has 1 N–H and O–H groups in total. The third-order valence-corrected chi connectivity index (χ3v) is 3.13. The smallest absolute Gasteiger partial charge is 0.270 e. The number of hydrazine groups is 1. The molecule has 1 aromatic rings. The first kappa shape index (κ1) is 14.2. The molecule has 20 heavy (non-hydrogen) atoms. The Balaban J connectivity index is 1.92. The molecule has 1 aromatic carbocycles. The van der Waals surface area contributed by atoms with Crippen LogP contribution in [0.25, 0.3) is 6.08 Å². The van der Waals surface area contributed by atoms with Gasteiger partial charge in [0, 0.05) is 31.3 Å². The lowest BCUT2D eigenvalue weighted by Gasteiger charge is -2.26. The van der Waals surface area contributed by atoms with E-state index in [2.05, 4.69) is 5.43 Å². The van der Waals surface area contributed by atoms with Crippen molar-refractivity contribution in [2.24, 2.45) is 0 Å². The number of nitrogens with one attached hydrogen (secondary N) is 1. The van der Waals surface area contributed by atoms with E-state index in [4.69, 9.17) is 0 Å². The zero-order valence-corrected chi connectivity index (χ0v) is 11.1. The molecular weight excluding hydrogens is 258 g/mol. The Morgan fingerprint density at radius 1 is 1.30 bits per heavy atom. The van der Waals surface area contributed by atoms with Crippen molar-refractivity contribution in [1.29, 1.82) is 0 Å². The standard InChI is InChI=1S/C14H17N3O3/c18-14(15-16-9-2-1-3-10-16)8-7-12-5-4-6-13(11-12)17(19)20/h4-8,11H,1-3,9-10H2,(H,15,18)/b8-7+. The number of amides is 1. The van der Waals surface area contributed by atoms with E-state index in [1.54, 1.807) is 18.2 Å². The van der Waals surface area contributed by atoms with Crippen LogP contribution >= 0.6 is 0 Å². The third kappa shape index (κ3) is 4.17. The molecule has 1 aliphatic heterocycles. The largest absolute Gasteiger partial charge is 0.285 e. The second-order valence-electron chi connectivity index (χ2n) is 4.71. The molecule has 1 aliphatic rings. The lowest BCUT2D eigenvalue weighted by atomic mass is 10.2. The van der Waals surface area contributed by atoms with Crippen LogP contribution in [0.3, 0.4) is 0 Å². The van der Waals surface area contributed by atoms with Crippen molar-refractivity contribution < 1.29 is 9.72 Å². The number of carbonyl (C=O) groups excluding carboxylic acids is 1. The van der Waals surface area contributed by atoms with Gasteiger partial charge in [-0.15, -0.1) is 0 Å². The second-order valence-corrected chi connectivity index (χ2v) is 4.71. The molecule has 0 spiro atoms. The average Bonchev–Trinajstić information content (AvgIpc) is 2.46. The minimum Gasteiger partial charge on any atom is -0.285 e. The van der Waals surface area contributed by atoms with Gasteiger partial charge < -0.3 is 0 Å². The maximum Gasteiger partial charge on any atom is 0.270 e. The quantitative estimate of drug-likeness (QED) is 0.519. The molecule has 0 aromatic heterocycles. The molecule has 0 aliphatic carbocycles. The zero-order chi connectivity index (χ0) is 14.4. The number of non-ortho nitro benzene ring substituents is 1. The molecule has 0 saturated carbocycles. The number of carbonyl (C=O) groups is 1. The first-order chi connectivity index (χ1) is 9.65. The van der Waals surface area contributed by atoms with Crippen LogP contribution < -0.4 is 5.43 Å². The first-order valence-corrected chi connectivity index (χ1v) is 6.63. The number of piperidine rings is 1. The molecule has 1 amide bonds. The van der Waals surface area contributed by atoms with E-state index in [0.29, 0.717) is 5.56 Å². The molecule has 6 nitrogen and oxygen atoms in total. The minimum absolute atomic E-state index is 0.0172. The van der Waals surface area contributed by atoms with Crippen LogP contribution in [-0.2, 0) is 4.79 Å². The van der Waals surface area contributed by atoms with Gasteiger partial charge in [-0.1, -0.05) is 18.6 Å². The van der Waals surface area contributed by atoms with Gasteiger partial charge in [-0.3, -0.25) is 20.3 Å². The van der Waals surface area contributed by atoms with Crippen molar-refractivity contribution >= 4 is 17.7 Å². The summed E-state index contributed by atoms with van der Waals surface area (Å²) in [7, 11) is 0. The Morgan fingerprint density at radius 3 is 2.75 bits per heavy atom. The average molecular weight is 275 g/mol. The topological polar surface area (TPSA) is 75.5 Å². The molecule has 0 atom stereocenters. The fraction of sp³-hybridized carbons (Fsp3) is 0.357. The number of rotatable bonds is 4. The summed E-state index contributed by atoms with van der Waals surface area (Å²) in [5.74, 6) is -0.210. The van der Waals surface area contributed by atoms with Gasteiger partial charge in [0.1, 0.15) is 0 Å². The second kappa shape index (κ2) is 6.81. The molecule has 0 bridgehead atoms. The van der Waals surface area contributed by atoms with Crippen molar-refractivity contribution in [3.05, 3.63) is 46.0 Å². The van der Waals surface area contributed by atoms with Crippen molar-refractivity contribution in [3.63, 3.8) is 0 Å². The lowest BCUT2D eigenvalue weighted by molar-refractivity contribution is -0.384. The molecule has 1 heterocycles. The van der Waals surface area contributed by atoms with Crippen LogP contribution in [-0.4, -0.2) is 28.9 Å². The van der Waals surface area contributed by atoms with Crippen LogP contribution in [0.4, 0.5) is 5.69 Å².